The van der Waals surface area contributed by atoms with Crippen molar-refractivity contribution >= 4 is 27.5 Å². The van der Waals surface area contributed by atoms with Crippen molar-refractivity contribution in [1.29, 1.82) is 0 Å². The van der Waals surface area contributed by atoms with Gasteiger partial charge in [0, 0.05) is 13.0 Å². The number of furan rings is 2. The standard InChI is InChI=1S/C19H17N3O4S/c23-17(5-7-21-13-20-18-16(19(21)24)6-10-27-18)22(11-14-3-1-8-25-14)12-15-4-2-9-26-15/h1-4,6,8-10,13H,5,7,11-12H2. The molecular weight excluding hydrogens is 366 g/mol. The van der Waals surface area contributed by atoms with Crippen LogP contribution in [-0.4, -0.2) is 20.4 Å². The lowest BCUT2D eigenvalue weighted by Crippen LogP contribution is -2.31. The number of amides is 1. The van der Waals surface area contributed by atoms with E-state index in [1.165, 1.54) is 22.2 Å². The third-order valence-electron chi connectivity index (χ3n) is 4.22. The maximum atomic E-state index is 12.8. The van der Waals surface area contributed by atoms with Gasteiger partial charge in [-0.1, -0.05) is 0 Å². The molecule has 0 aromatic carbocycles. The summed E-state index contributed by atoms with van der Waals surface area (Å²) < 4.78 is 12.2. The van der Waals surface area contributed by atoms with Gasteiger partial charge in [0.25, 0.3) is 5.56 Å². The van der Waals surface area contributed by atoms with Crippen LogP contribution in [0, 0.1) is 0 Å². The Morgan fingerprint density at radius 1 is 1.11 bits per heavy atom. The fourth-order valence-corrected chi connectivity index (χ4v) is 3.56. The molecule has 0 bridgehead atoms. The average Bonchev–Trinajstić information content (AvgIpc) is 3.43. The molecule has 0 aliphatic rings. The summed E-state index contributed by atoms with van der Waals surface area (Å²) in [5, 5.41) is 2.42. The molecule has 138 valence electrons. The number of aromatic nitrogens is 2. The van der Waals surface area contributed by atoms with E-state index in [0.29, 0.717) is 34.8 Å². The topological polar surface area (TPSA) is 81.5 Å². The fraction of sp³-hybridized carbons (Fsp3) is 0.211. The molecule has 0 radical (unpaired) electrons. The Hall–Kier alpha value is -3.13. The molecule has 27 heavy (non-hydrogen) atoms. The van der Waals surface area contributed by atoms with E-state index >= 15 is 0 Å². The molecule has 4 aromatic heterocycles. The second kappa shape index (κ2) is 7.63. The van der Waals surface area contributed by atoms with Crippen molar-refractivity contribution < 1.29 is 13.6 Å². The molecule has 7 nitrogen and oxygen atoms in total. The number of rotatable bonds is 7. The Labute approximate surface area is 158 Å². The largest absolute Gasteiger partial charge is 0.467 e. The van der Waals surface area contributed by atoms with Gasteiger partial charge in [-0.05, 0) is 35.7 Å². The minimum Gasteiger partial charge on any atom is -0.467 e. The van der Waals surface area contributed by atoms with Crippen LogP contribution in [0.15, 0.2) is 68.2 Å². The minimum atomic E-state index is -0.127. The molecule has 0 aliphatic heterocycles. The highest BCUT2D eigenvalue weighted by molar-refractivity contribution is 7.16. The first-order valence-corrected chi connectivity index (χ1v) is 9.34. The van der Waals surface area contributed by atoms with Crippen molar-refractivity contribution in [3.63, 3.8) is 0 Å². The third kappa shape index (κ3) is 3.85. The first-order valence-electron chi connectivity index (χ1n) is 8.46. The van der Waals surface area contributed by atoms with E-state index in [4.69, 9.17) is 8.83 Å². The second-order valence-corrected chi connectivity index (χ2v) is 6.94. The van der Waals surface area contributed by atoms with Crippen molar-refractivity contribution in [3.8, 4) is 0 Å². The minimum absolute atomic E-state index is 0.0971. The van der Waals surface area contributed by atoms with Crippen LogP contribution < -0.4 is 5.56 Å². The van der Waals surface area contributed by atoms with Gasteiger partial charge in [-0.15, -0.1) is 11.3 Å². The number of thiophene rings is 1. The number of aryl methyl sites for hydroxylation is 1. The molecule has 4 rings (SSSR count). The molecule has 8 heteroatoms. The van der Waals surface area contributed by atoms with Crippen LogP contribution in [0.4, 0.5) is 0 Å². The maximum absolute atomic E-state index is 12.8. The number of fused-ring (bicyclic) bond motifs is 1. The van der Waals surface area contributed by atoms with Crippen molar-refractivity contribution in [2.75, 3.05) is 0 Å². The lowest BCUT2D eigenvalue weighted by atomic mass is 10.3. The molecule has 0 aliphatic carbocycles. The SMILES string of the molecule is O=C(CCn1cnc2sccc2c1=O)N(Cc1ccco1)Cc1ccco1. The van der Waals surface area contributed by atoms with Gasteiger partial charge in [0.15, 0.2) is 0 Å². The van der Waals surface area contributed by atoms with Gasteiger partial charge in [-0.3, -0.25) is 14.2 Å². The van der Waals surface area contributed by atoms with Crippen LogP contribution in [0.2, 0.25) is 0 Å². The highest BCUT2D eigenvalue weighted by Gasteiger charge is 2.17. The fourth-order valence-electron chi connectivity index (χ4n) is 2.84. The number of hydrogen-bond acceptors (Lipinski definition) is 6. The van der Waals surface area contributed by atoms with Crippen molar-refractivity contribution in [1.82, 2.24) is 14.5 Å². The highest BCUT2D eigenvalue weighted by Crippen LogP contribution is 2.15. The summed E-state index contributed by atoms with van der Waals surface area (Å²) in [7, 11) is 0. The monoisotopic (exact) mass is 383 g/mol. The van der Waals surface area contributed by atoms with E-state index in [0.717, 1.165) is 0 Å². The van der Waals surface area contributed by atoms with Crippen LogP contribution in [0.1, 0.15) is 17.9 Å². The van der Waals surface area contributed by atoms with Gasteiger partial charge in [0.1, 0.15) is 16.4 Å². The van der Waals surface area contributed by atoms with Crippen LogP contribution in [-0.2, 0) is 24.4 Å². The Bertz CT molecular complexity index is 1040. The molecule has 1 amide bonds. The smallest absolute Gasteiger partial charge is 0.262 e. The van der Waals surface area contributed by atoms with E-state index < -0.39 is 0 Å². The highest BCUT2D eigenvalue weighted by atomic mass is 32.1. The summed E-state index contributed by atoms with van der Waals surface area (Å²) in [6.45, 7) is 0.940. The quantitative estimate of drug-likeness (QED) is 0.489. The number of carbonyl (C=O) groups excluding carboxylic acids is 1. The zero-order chi connectivity index (χ0) is 18.6. The van der Waals surface area contributed by atoms with Crippen molar-refractivity contribution in [2.24, 2.45) is 0 Å². The number of hydrogen-bond donors (Lipinski definition) is 0. The molecular formula is C19H17N3O4S. The Morgan fingerprint density at radius 2 is 1.81 bits per heavy atom. The second-order valence-electron chi connectivity index (χ2n) is 6.04. The summed E-state index contributed by atoms with van der Waals surface area (Å²) >= 11 is 1.42. The predicted octanol–water partition coefficient (Wildman–Crippen LogP) is 3.26. The lowest BCUT2D eigenvalue weighted by molar-refractivity contribution is -0.133. The van der Waals surface area contributed by atoms with Crippen LogP contribution in [0.25, 0.3) is 10.2 Å². The van der Waals surface area contributed by atoms with E-state index in [9.17, 15) is 9.59 Å². The molecule has 0 saturated heterocycles. The molecule has 0 N–H and O–H groups in total. The Balaban J connectivity index is 1.48. The van der Waals surface area contributed by atoms with E-state index in [2.05, 4.69) is 4.98 Å². The zero-order valence-electron chi connectivity index (χ0n) is 14.4. The van der Waals surface area contributed by atoms with Crippen molar-refractivity contribution in [3.05, 3.63) is 76.4 Å². The number of nitrogens with zero attached hydrogens (tertiary/aromatic N) is 3. The van der Waals surface area contributed by atoms with E-state index in [1.54, 1.807) is 35.6 Å². The molecule has 0 saturated carbocycles. The summed E-state index contributed by atoms with van der Waals surface area (Å²) in [5.74, 6) is 1.28. The average molecular weight is 383 g/mol. The van der Waals surface area contributed by atoms with Crippen LogP contribution in [0.3, 0.4) is 0 Å². The molecule has 0 atom stereocenters. The van der Waals surface area contributed by atoms with Crippen LogP contribution in [0.5, 0.6) is 0 Å². The first kappa shape index (κ1) is 17.3. The summed E-state index contributed by atoms with van der Waals surface area (Å²) in [5.41, 5.74) is -0.127. The number of carbonyl (C=O) groups is 1. The van der Waals surface area contributed by atoms with Gasteiger partial charge in [-0.25, -0.2) is 4.98 Å². The van der Waals surface area contributed by atoms with Gasteiger partial charge in [-0.2, -0.15) is 0 Å². The molecule has 0 spiro atoms. The Morgan fingerprint density at radius 3 is 2.44 bits per heavy atom. The van der Waals surface area contributed by atoms with Gasteiger partial charge in [0.05, 0.1) is 37.3 Å². The first-order chi connectivity index (χ1) is 13.2. The van der Waals surface area contributed by atoms with Gasteiger partial charge in [0.2, 0.25) is 5.91 Å². The van der Waals surface area contributed by atoms with Gasteiger partial charge >= 0.3 is 0 Å². The summed E-state index contributed by atoms with van der Waals surface area (Å²) in [4.78, 5) is 31.9. The zero-order valence-corrected chi connectivity index (χ0v) is 15.2. The summed E-state index contributed by atoms with van der Waals surface area (Å²) in [6, 6.07) is 8.97. The molecule has 0 unspecified atom stereocenters. The molecule has 4 heterocycles. The Kier molecular flexibility index (Phi) is 4.88. The molecule has 4 aromatic rings. The lowest BCUT2D eigenvalue weighted by Gasteiger charge is -2.21. The van der Waals surface area contributed by atoms with Gasteiger partial charge < -0.3 is 13.7 Å². The molecule has 0 fully saturated rings. The van der Waals surface area contributed by atoms with Crippen LogP contribution >= 0.6 is 11.3 Å². The third-order valence-corrected chi connectivity index (χ3v) is 5.04. The van der Waals surface area contributed by atoms with E-state index in [-0.39, 0.29) is 24.4 Å². The maximum Gasteiger partial charge on any atom is 0.262 e. The van der Waals surface area contributed by atoms with E-state index in [1.807, 2.05) is 17.5 Å². The van der Waals surface area contributed by atoms with Crippen molar-refractivity contribution in [2.45, 2.75) is 26.1 Å². The predicted molar refractivity (Wildman–Crippen MR) is 100 cm³/mol. The summed E-state index contributed by atoms with van der Waals surface area (Å²) in [6.07, 6.45) is 4.83. The normalized spacial score (nSPS) is 11.1.